The van der Waals surface area contributed by atoms with E-state index in [1.807, 2.05) is 43.5 Å². The molecule has 1 aromatic heterocycles. The summed E-state index contributed by atoms with van der Waals surface area (Å²) in [6.45, 7) is 3.95. The Bertz CT molecular complexity index is 798. The number of esters is 1. The van der Waals surface area contributed by atoms with Gasteiger partial charge in [-0.2, -0.15) is 0 Å². The van der Waals surface area contributed by atoms with Crippen LogP contribution in [0.4, 0.5) is 0 Å². The Labute approximate surface area is 152 Å². The Morgan fingerprint density at radius 3 is 2.60 bits per heavy atom. The van der Waals surface area contributed by atoms with Crippen LogP contribution in [0, 0.1) is 0 Å². The van der Waals surface area contributed by atoms with Crippen molar-refractivity contribution in [1.82, 2.24) is 0 Å². The summed E-state index contributed by atoms with van der Waals surface area (Å²) in [5.74, 6) is -0.146. The molecule has 0 amide bonds. The minimum Gasteiger partial charge on any atom is -0.507 e. The Hall–Kier alpha value is -2.53. The largest absolute Gasteiger partial charge is 0.507 e. The average Bonchev–Trinajstić information content (AvgIpc) is 3.11. The highest BCUT2D eigenvalue weighted by molar-refractivity contribution is 7.10. The molecule has 0 atom stereocenters. The molecule has 0 unspecified atom stereocenters. The number of rotatable bonds is 6. The molecule has 0 radical (unpaired) electrons. The zero-order chi connectivity index (χ0) is 18.4. The third kappa shape index (κ3) is 4.51. The Morgan fingerprint density at radius 2 is 2.04 bits per heavy atom. The number of thiophene rings is 1. The first-order valence-corrected chi connectivity index (χ1v) is 8.72. The number of hydrogen-bond donors (Lipinski definition) is 1. The summed E-state index contributed by atoms with van der Waals surface area (Å²) >= 11 is 1.59. The summed E-state index contributed by atoms with van der Waals surface area (Å²) in [7, 11) is 2.85. The van der Waals surface area contributed by atoms with Crippen molar-refractivity contribution in [3.05, 3.63) is 56.8 Å². The summed E-state index contributed by atoms with van der Waals surface area (Å²) in [4.78, 5) is 13.3. The maximum absolute atomic E-state index is 12.2. The van der Waals surface area contributed by atoms with E-state index in [4.69, 9.17) is 9.47 Å². The van der Waals surface area contributed by atoms with Crippen molar-refractivity contribution in [3.63, 3.8) is 0 Å². The van der Waals surface area contributed by atoms with E-state index in [0.29, 0.717) is 23.3 Å². The third-order valence-corrected chi connectivity index (χ3v) is 4.53. The van der Waals surface area contributed by atoms with Crippen LogP contribution in [0.1, 0.15) is 40.2 Å². The van der Waals surface area contributed by atoms with E-state index in [0.717, 1.165) is 10.5 Å². The Balaban J connectivity index is 2.59. The SMILES string of the molecule is COC(=O)c1c(C=Cc2cccs2)cc(OC)c(CC=C(C)C)c1O. The van der Waals surface area contributed by atoms with Crippen LogP contribution in [-0.4, -0.2) is 25.3 Å². The van der Waals surface area contributed by atoms with E-state index >= 15 is 0 Å². The number of allylic oxidation sites excluding steroid dienone is 2. The van der Waals surface area contributed by atoms with Crippen LogP contribution in [0.2, 0.25) is 0 Å². The molecule has 0 aliphatic rings. The lowest BCUT2D eigenvalue weighted by Gasteiger charge is -2.15. The molecule has 132 valence electrons. The summed E-state index contributed by atoms with van der Waals surface area (Å²) in [6, 6.07) is 5.68. The Morgan fingerprint density at radius 1 is 1.28 bits per heavy atom. The fraction of sp³-hybridized carbons (Fsp3) is 0.250. The maximum Gasteiger partial charge on any atom is 0.342 e. The van der Waals surface area contributed by atoms with Gasteiger partial charge in [0, 0.05) is 10.4 Å². The molecular formula is C20H22O4S. The van der Waals surface area contributed by atoms with Crippen molar-refractivity contribution in [2.24, 2.45) is 0 Å². The van der Waals surface area contributed by atoms with Gasteiger partial charge in [-0.15, -0.1) is 11.3 Å². The molecule has 25 heavy (non-hydrogen) atoms. The van der Waals surface area contributed by atoms with Crippen LogP contribution in [0.3, 0.4) is 0 Å². The number of methoxy groups -OCH3 is 2. The average molecular weight is 358 g/mol. The molecule has 2 aromatic rings. The van der Waals surface area contributed by atoms with Gasteiger partial charge >= 0.3 is 5.97 Å². The number of carbonyl (C=O) groups is 1. The van der Waals surface area contributed by atoms with E-state index < -0.39 is 5.97 Å². The van der Waals surface area contributed by atoms with E-state index in [-0.39, 0.29) is 11.3 Å². The molecule has 0 aliphatic heterocycles. The van der Waals surface area contributed by atoms with E-state index in [1.54, 1.807) is 30.6 Å². The molecule has 0 aliphatic carbocycles. The lowest BCUT2D eigenvalue weighted by atomic mass is 9.97. The van der Waals surface area contributed by atoms with Crippen LogP contribution in [0.25, 0.3) is 12.2 Å². The lowest BCUT2D eigenvalue weighted by Crippen LogP contribution is -2.07. The van der Waals surface area contributed by atoms with Gasteiger partial charge in [-0.1, -0.05) is 23.8 Å². The second-order valence-electron chi connectivity index (χ2n) is 5.70. The first-order valence-electron chi connectivity index (χ1n) is 7.84. The van der Waals surface area contributed by atoms with Crippen molar-refractivity contribution in [3.8, 4) is 11.5 Å². The van der Waals surface area contributed by atoms with Gasteiger partial charge in [0.25, 0.3) is 0 Å². The molecule has 0 bridgehead atoms. The topological polar surface area (TPSA) is 55.8 Å². The number of aromatic hydroxyl groups is 1. The van der Waals surface area contributed by atoms with Crippen LogP contribution in [0.5, 0.6) is 11.5 Å². The van der Waals surface area contributed by atoms with E-state index in [9.17, 15) is 9.90 Å². The van der Waals surface area contributed by atoms with Gasteiger partial charge in [0.1, 0.15) is 17.1 Å². The van der Waals surface area contributed by atoms with Crippen LogP contribution in [-0.2, 0) is 11.2 Å². The van der Waals surface area contributed by atoms with E-state index in [1.165, 1.54) is 7.11 Å². The van der Waals surface area contributed by atoms with Crippen LogP contribution in [0.15, 0.2) is 35.2 Å². The summed E-state index contributed by atoms with van der Waals surface area (Å²) in [5, 5.41) is 12.7. The number of phenols is 1. The molecule has 2 rings (SSSR count). The fourth-order valence-electron chi connectivity index (χ4n) is 2.40. The number of benzene rings is 1. The van der Waals surface area contributed by atoms with Crippen molar-refractivity contribution in [1.29, 1.82) is 0 Å². The summed E-state index contributed by atoms with van der Waals surface area (Å²) in [5.41, 5.74) is 2.38. The first kappa shape index (κ1) is 18.8. The number of carbonyl (C=O) groups excluding carboxylic acids is 1. The predicted molar refractivity (Wildman–Crippen MR) is 102 cm³/mol. The smallest absolute Gasteiger partial charge is 0.342 e. The minimum absolute atomic E-state index is 0.102. The molecule has 0 saturated carbocycles. The normalized spacial score (nSPS) is 10.7. The second-order valence-corrected chi connectivity index (χ2v) is 6.68. The molecule has 5 heteroatoms. The maximum atomic E-state index is 12.2. The molecule has 1 N–H and O–H groups in total. The third-order valence-electron chi connectivity index (χ3n) is 3.69. The number of ether oxygens (including phenoxy) is 2. The van der Waals surface area contributed by atoms with Crippen molar-refractivity contribution < 1.29 is 19.4 Å². The molecule has 0 fully saturated rings. The molecule has 1 heterocycles. The molecule has 0 saturated heterocycles. The minimum atomic E-state index is -0.579. The monoisotopic (exact) mass is 358 g/mol. The van der Waals surface area contributed by atoms with Gasteiger partial charge in [-0.25, -0.2) is 4.79 Å². The van der Waals surface area contributed by atoms with Crippen molar-refractivity contribution >= 4 is 29.5 Å². The Kier molecular flexibility index (Phi) is 6.42. The standard InChI is InChI=1S/C20H22O4S/c1-13(2)7-10-16-17(23-3)12-14(8-9-15-6-5-11-25-15)18(19(16)21)20(22)24-4/h5-9,11-12,21H,10H2,1-4H3. The van der Waals surface area contributed by atoms with Crippen molar-refractivity contribution in [2.45, 2.75) is 20.3 Å². The van der Waals surface area contributed by atoms with Crippen LogP contribution < -0.4 is 4.74 Å². The van der Waals surface area contributed by atoms with Gasteiger partial charge in [0.2, 0.25) is 0 Å². The predicted octanol–water partition coefficient (Wildman–Crippen LogP) is 4.93. The molecular weight excluding hydrogens is 336 g/mol. The highest BCUT2D eigenvalue weighted by atomic mass is 32.1. The van der Waals surface area contributed by atoms with Gasteiger partial charge < -0.3 is 14.6 Å². The summed E-state index contributed by atoms with van der Waals surface area (Å²) < 4.78 is 10.3. The quantitative estimate of drug-likeness (QED) is 0.588. The van der Waals surface area contributed by atoms with Crippen molar-refractivity contribution in [2.75, 3.05) is 14.2 Å². The highest BCUT2D eigenvalue weighted by Crippen LogP contribution is 2.36. The zero-order valence-corrected chi connectivity index (χ0v) is 15.6. The lowest BCUT2D eigenvalue weighted by molar-refractivity contribution is 0.0597. The van der Waals surface area contributed by atoms with Crippen LogP contribution >= 0.6 is 11.3 Å². The fourth-order valence-corrected chi connectivity index (χ4v) is 3.01. The molecule has 4 nitrogen and oxygen atoms in total. The highest BCUT2D eigenvalue weighted by Gasteiger charge is 2.22. The van der Waals surface area contributed by atoms with Gasteiger partial charge in [0.15, 0.2) is 0 Å². The molecule has 0 spiro atoms. The second kappa shape index (κ2) is 8.53. The summed E-state index contributed by atoms with van der Waals surface area (Å²) in [6.07, 6.45) is 6.11. The zero-order valence-electron chi connectivity index (χ0n) is 14.8. The molecule has 1 aromatic carbocycles. The van der Waals surface area contributed by atoms with E-state index in [2.05, 4.69) is 0 Å². The van der Waals surface area contributed by atoms with Gasteiger partial charge in [-0.3, -0.25) is 0 Å². The number of hydrogen-bond acceptors (Lipinski definition) is 5. The van der Waals surface area contributed by atoms with Gasteiger partial charge in [-0.05, 0) is 49.4 Å². The number of phenolic OH excluding ortho intramolecular Hbond substituents is 1. The van der Waals surface area contributed by atoms with Gasteiger partial charge in [0.05, 0.1) is 14.2 Å². The first-order chi connectivity index (χ1) is 12.0.